The predicted octanol–water partition coefficient (Wildman–Crippen LogP) is 2.02. The quantitative estimate of drug-likeness (QED) is 0.206. The lowest BCUT2D eigenvalue weighted by Crippen LogP contribution is -2.35. The molecule has 0 spiro atoms. The van der Waals surface area contributed by atoms with E-state index in [2.05, 4.69) is 66.4 Å². The second kappa shape index (κ2) is 27.9. The van der Waals surface area contributed by atoms with Crippen molar-refractivity contribution in [1.82, 2.24) is 16.0 Å². The van der Waals surface area contributed by atoms with Crippen molar-refractivity contribution >= 4 is 36.4 Å². The Hall–Kier alpha value is -3.67. The zero-order valence-electron chi connectivity index (χ0n) is 23.7. The summed E-state index contributed by atoms with van der Waals surface area (Å²) in [5.74, 6) is 0.386. The van der Waals surface area contributed by atoms with Gasteiger partial charge in [0.1, 0.15) is 6.61 Å². The van der Waals surface area contributed by atoms with Gasteiger partial charge in [0.25, 0.3) is 0 Å². The number of primary amides is 2. The molecule has 0 aliphatic heterocycles. The van der Waals surface area contributed by atoms with E-state index < -0.39 is 6.09 Å². The fourth-order valence-corrected chi connectivity index (χ4v) is 2.26. The molecule has 0 fully saturated rings. The van der Waals surface area contributed by atoms with Gasteiger partial charge in [-0.1, -0.05) is 46.2 Å². The van der Waals surface area contributed by atoms with Crippen molar-refractivity contribution < 1.29 is 28.7 Å². The number of benzene rings is 1. The molecule has 0 heterocycles. The van der Waals surface area contributed by atoms with Crippen LogP contribution in [0.5, 0.6) is 0 Å². The Morgan fingerprint density at radius 1 is 1.00 bits per heavy atom. The number of hydrogen-bond acceptors (Lipinski definition) is 7. The highest BCUT2D eigenvalue weighted by Crippen LogP contribution is 2.10. The highest BCUT2D eigenvalue weighted by atomic mass is 16.5. The summed E-state index contributed by atoms with van der Waals surface area (Å²) in [7, 11) is 1.96. The maximum Gasteiger partial charge on any atom is 0.404 e. The number of nitrogens with one attached hydrogen (secondary N) is 4. The summed E-state index contributed by atoms with van der Waals surface area (Å²) in [5, 5.41) is 10.8. The first-order valence-corrected chi connectivity index (χ1v) is 12.6. The Balaban J connectivity index is -0.000000526. The minimum atomic E-state index is -0.840. The van der Waals surface area contributed by atoms with Crippen LogP contribution in [0.15, 0.2) is 24.3 Å². The van der Waals surface area contributed by atoms with Gasteiger partial charge in [-0.15, -0.1) is 0 Å². The number of unbranched alkanes of at least 4 members (excludes halogenated alkanes) is 1. The molecule has 0 aromatic heterocycles. The molecule has 1 atom stereocenters. The van der Waals surface area contributed by atoms with E-state index in [1.807, 2.05) is 7.05 Å². The maximum absolute atomic E-state index is 11.3. The first kappa shape index (κ1) is 38.9. The molecule has 1 aromatic carbocycles. The molecule has 0 saturated heterocycles. The second-order valence-electron chi connectivity index (χ2n) is 8.29. The van der Waals surface area contributed by atoms with Gasteiger partial charge in [-0.25, -0.2) is 4.79 Å². The Morgan fingerprint density at radius 3 is 1.97 bits per heavy atom. The van der Waals surface area contributed by atoms with E-state index in [1.165, 1.54) is 6.42 Å². The zero-order valence-corrected chi connectivity index (χ0v) is 23.7. The van der Waals surface area contributed by atoms with Crippen molar-refractivity contribution in [2.45, 2.75) is 73.0 Å². The van der Waals surface area contributed by atoms with E-state index >= 15 is 0 Å². The van der Waals surface area contributed by atoms with E-state index in [0.29, 0.717) is 30.5 Å². The number of anilines is 1. The van der Waals surface area contributed by atoms with Gasteiger partial charge in [-0.2, -0.15) is 0 Å². The van der Waals surface area contributed by atoms with Crippen molar-refractivity contribution in [3.63, 3.8) is 0 Å². The molecule has 0 saturated carbocycles. The lowest BCUT2D eigenvalue weighted by atomic mass is 10.1. The number of carbonyl (C=O) groups excluding carboxylic acids is 5. The van der Waals surface area contributed by atoms with Crippen LogP contribution in [-0.4, -0.2) is 56.9 Å². The van der Waals surface area contributed by atoms with Gasteiger partial charge in [0.2, 0.25) is 24.6 Å². The van der Waals surface area contributed by atoms with Crippen molar-refractivity contribution in [3.05, 3.63) is 29.8 Å². The fraction of sp³-hybridized carbons (Fsp3) is 0.577. The number of nitrogens with two attached hydrogens (primary N) is 2. The molecule has 1 unspecified atom stereocenters. The van der Waals surface area contributed by atoms with Crippen LogP contribution in [0.2, 0.25) is 0 Å². The van der Waals surface area contributed by atoms with Gasteiger partial charge in [0.05, 0.1) is 6.54 Å². The van der Waals surface area contributed by atoms with Gasteiger partial charge < -0.3 is 37.5 Å². The second-order valence-corrected chi connectivity index (χ2v) is 8.29. The van der Waals surface area contributed by atoms with Crippen LogP contribution in [0.25, 0.3) is 0 Å². The molecular formula is C26H48N6O6. The molecule has 12 heteroatoms. The molecule has 8 N–H and O–H groups in total. The van der Waals surface area contributed by atoms with Gasteiger partial charge in [0.15, 0.2) is 0 Å². The third-order valence-electron chi connectivity index (χ3n) is 4.61. The van der Waals surface area contributed by atoms with Crippen LogP contribution < -0.4 is 32.7 Å². The number of amides is 5. The summed E-state index contributed by atoms with van der Waals surface area (Å²) in [6.45, 7) is 11.7. The molecule has 0 bridgehead atoms. The SMILES string of the molecule is CCCCC(=O)NC(C)C(C)C.CCCNC.NC(=O)OCc1ccc(NC(=O)CNC=O)cc1.NC=O. The number of carbonyl (C=O) groups is 5. The predicted molar refractivity (Wildman–Crippen MR) is 150 cm³/mol. The Kier molecular flexibility index (Phi) is 28.5. The van der Waals surface area contributed by atoms with Crippen molar-refractivity contribution in [3.8, 4) is 0 Å². The van der Waals surface area contributed by atoms with Crippen molar-refractivity contribution in [1.29, 1.82) is 0 Å². The van der Waals surface area contributed by atoms with Crippen molar-refractivity contribution in [2.24, 2.45) is 17.4 Å². The van der Waals surface area contributed by atoms with Crippen LogP contribution in [0.1, 0.15) is 65.9 Å². The van der Waals surface area contributed by atoms with E-state index in [4.69, 9.17) is 10.5 Å². The number of hydrogen-bond donors (Lipinski definition) is 6. The summed E-state index contributed by atoms with van der Waals surface area (Å²) in [4.78, 5) is 51.4. The van der Waals surface area contributed by atoms with Gasteiger partial charge in [-0.05, 0) is 57.0 Å². The Labute approximate surface area is 227 Å². The smallest absolute Gasteiger partial charge is 0.404 e. The summed E-state index contributed by atoms with van der Waals surface area (Å²) in [5.41, 5.74) is 10.3. The normalized spacial score (nSPS) is 9.97. The lowest BCUT2D eigenvalue weighted by Gasteiger charge is -2.17. The van der Waals surface area contributed by atoms with Crippen LogP contribution in [0.3, 0.4) is 0 Å². The molecule has 5 amide bonds. The van der Waals surface area contributed by atoms with Crippen molar-refractivity contribution in [2.75, 3.05) is 25.5 Å². The Morgan fingerprint density at radius 2 is 1.58 bits per heavy atom. The molecule has 38 heavy (non-hydrogen) atoms. The first-order chi connectivity index (χ1) is 18.0. The van der Waals surface area contributed by atoms with Gasteiger partial charge in [0, 0.05) is 18.2 Å². The minimum Gasteiger partial charge on any atom is -0.445 e. The summed E-state index contributed by atoms with van der Waals surface area (Å²) < 4.78 is 4.60. The maximum atomic E-state index is 11.3. The third-order valence-corrected chi connectivity index (χ3v) is 4.61. The highest BCUT2D eigenvalue weighted by Gasteiger charge is 2.09. The van der Waals surface area contributed by atoms with E-state index in [0.717, 1.165) is 24.9 Å². The van der Waals surface area contributed by atoms with Crippen LogP contribution >= 0.6 is 0 Å². The molecule has 218 valence electrons. The van der Waals surface area contributed by atoms with Gasteiger partial charge in [-0.3, -0.25) is 19.2 Å². The van der Waals surface area contributed by atoms with Crippen LogP contribution in [0.4, 0.5) is 10.5 Å². The largest absolute Gasteiger partial charge is 0.445 e. The summed E-state index contributed by atoms with van der Waals surface area (Å²) in [6, 6.07) is 6.98. The lowest BCUT2D eigenvalue weighted by molar-refractivity contribution is -0.122. The molecule has 0 aliphatic carbocycles. The molecule has 1 rings (SSSR count). The third kappa shape index (κ3) is 28.6. The highest BCUT2D eigenvalue weighted by molar-refractivity contribution is 5.93. The molecule has 0 radical (unpaired) electrons. The Bertz CT molecular complexity index is 757. The standard InChI is InChI=1S/C11H13N3O4.C10H21NO.C4H11N.CH3NO/c12-11(17)18-6-8-1-3-9(4-2-8)14-10(16)5-13-7-15;1-5-6-7-10(12)11-9(4)8(2)3;1-3-4-5-2;2-1-3/h1-4,7H,5-6H2,(H2,12,17)(H,13,15)(H,14,16);8-9H,5-7H2,1-4H3,(H,11,12);5H,3-4H2,1-2H3;1H,(H2,2,3). The van der Waals surface area contributed by atoms with E-state index in [9.17, 15) is 19.2 Å². The van der Waals surface area contributed by atoms with E-state index in [1.54, 1.807) is 24.3 Å². The monoisotopic (exact) mass is 540 g/mol. The number of ether oxygens (including phenoxy) is 1. The van der Waals surface area contributed by atoms with Crippen LogP contribution in [-0.2, 0) is 30.5 Å². The molecule has 12 nitrogen and oxygen atoms in total. The van der Waals surface area contributed by atoms with Crippen LogP contribution in [0, 0.1) is 5.92 Å². The first-order valence-electron chi connectivity index (χ1n) is 12.6. The zero-order chi connectivity index (χ0) is 29.8. The van der Waals surface area contributed by atoms with Gasteiger partial charge >= 0.3 is 6.09 Å². The average Bonchev–Trinajstić information content (AvgIpc) is 2.87. The summed E-state index contributed by atoms with van der Waals surface area (Å²) >= 11 is 0. The topological polar surface area (TPSA) is 195 Å². The average molecular weight is 541 g/mol. The summed E-state index contributed by atoms with van der Waals surface area (Å²) in [6.07, 6.45) is 3.85. The molecule has 1 aromatic rings. The minimum absolute atomic E-state index is 0.0796. The molecular weight excluding hydrogens is 492 g/mol. The van der Waals surface area contributed by atoms with E-state index in [-0.39, 0.29) is 31.4 Å². The fourth-order valence-electron chi connectivity index (χ4n) is 2.26. The number of rotatable bonds is 13. The molecule has 0 aliphatic rings.